The molecule has 5 heteroatoms. The molecule has 1 fully saturated rings. The van der Waals surface area contributed by atoms with Crippen molar-refractivity contribution in [3.05, 3.63) is 35.9 Å². The molecule has 2 rings (SSSR count). The SMILES string of the molecule is CCOC(=O)C1CC[NH+](C[C@H](O)CO[C@@H](CC)c2ccccc2)CC1. The summed E-state index contributed by atoms with van der Waals surface area (Å²) in [6.07, 6.45) is 2.11. The van der Waals surface area contributed by atoms with Crippen molar-refractivity contribution in [2.45, 2.75) is 45.3 Å². The van der Waals surface area contributed by atoms with E-state index in [-0.39, 0.29) is 18.0 Å². The summed E-state index contributed by atoms with van der Waals surface area (Å²) in [6.45, 7) is 7.19. The first-order chi connectivity index (χ1) is 12.1. The van der Waals surface area contributed by atoms with Gasteiger partial charge in [0.05, 0.1) is 38.3 Å². The van der Waals surface area contributed by atoms with Crippen molar-refractivity contribution in [1.29, 1.82) is 0 Å². The Hall–Kier alpha value is -1.43. The van der Waals surface area contributed by atoms with Crippen LogP contribution in [-0.2, 0) is 14.3 Å². The van der Waals surface area contributed by atoms with E-state index >= 15 is 0 Å². The molecule has 25 heavy (non-hydrogen) atoms. The van der Waals surface area contributed by atoms with Crippen molar-refractivity contribution < 1.29 is 24.3 Å². The first-order valence-electron chi connectivity index (χ1n) is 9.48. The maximum atomic E-state index is 11.8. The number of rotatable bonds is 9. The second-order valence-corrected chi connectivity index (χ2v) is 6.78. The first kappa shape index (κ1) is 19.9. The number of esters is 1. The van der Waals surface area contributed by atoms with E-state index in [4.69, 9.17) is 9.47 Å². The van der Waals surface area contributed by atoms with Gasteiger partial charge < -0.3 is 19.5 Å². The molecule has 0 aliphatic carbocycles. The van der Waals surface area contributed by atoms with Crippen molar-refractivity contribution in [1.82, 2.24) is 0 Å². The molecule has 2 atom stereocenters. The lowest BCUT2D eigenvalue weighted by Gasteiger charge is -2.29. The van der Waals surface area contributed by atoms with Crippen LogP contribution in [0.5, 0.6) is 0 Å². The molecule has 1 aromatic carbocycles. The van der Waals surface area contributed by atoms with Crippen LogP contribution in [0.3, 0.4) is 0 Å². The third kappa shape index (κ3) is 6.42. The van der Waals surface area contributed by atoms with Crippen LogP contribution in [-0.4, -0.2) is 50.0 Å². The average Bonchev–Trinajstić information content (AvgIpc) is 2.64. The molecule has 0 radical (unpaired) electrons. The fourth-order valence-electron chi connectivity index (χ4n) is 3.46. The summed E-state index contributed by atoms with van der Waals surface area (Å²) in [5.41, 5.74) is 1.15. The van der Waals surface area contributed by atoms with Gasteiger partial charge in [-0.15, -0.1) is 0 Å². The number of hydrogen-bond acceptors (Lipinski definition) is 4. The van der Waals surface area contributed by atoms with E-state index in [1.807, 2.05) is 25.1 Å². The van der Waals surface area contributed by atoms with Gasteiger partial charge in [0.1, 0.15) is 12.6 Å². The normalized spacial score (nSPS) is 23.0. The lowest BCUT2D eigenvalue weighted by Crippen LogP contribution is -3.14. The zero-order valence-electron chi connectivity index (χ0n) is 15.4. The summed E-state index contributed by atoms with van der Waals surface area (Å²) in [7, 11) is 0. The van der Waals surface area contributed by atoms with E-state index in [0.717, 1.165) is 37.9 Å². The van der Waals surface area contributed by atoms with E-state index in [1.54, 1.807) is 0 Å². The largest absolute Gasteiger partial charge is 0.466 e. The zero-order valence-corrected chi connectivity index (χ0v) is 15.4. The number of likely N-dealkylation sites (tertiary alicyclic amines) is 1. The molecule has 0 aromatic heterocycles. The molecule has 1 aromatic rings. The minimum absolute atomic E-state index is 0.0274. The summed E-state index contributed by atoms with van der Waals surface area (Å²) < 4.78 is 11.0. The molecule has 0 amide bonds. The molecular formula is C20H32NO4+. The highest BCUT2D eigenvalue weighted by molar-refractivity contribution is 5.72. The van der Waals surface area contributed by atoms with Crippen LogP contribution >= 0.6 is 0 Å². The summed E-state index contributed by atoms with van der Waals surface area (Å²) in [5.74, 6) is -0.0428. The van der Waals surface area contributed by atoms with Gasteiger partial charge in [-0.05, 0) is 18.9 Å². The van der Waals surface area contributed by atoms with Gasteiger partial charge in [-0.25, -0.2) is 0 Å². The Morgan fingerprint density at radius 3 is 2.52 bits per heavy atom. The molecule has 1 saturated heterocycles. The quantitative estimate of drug-likeness (QED) is 0.661. The topological polar surface area (TPSA) is 60.2 Å². The molecule has 2 N–H and O–H groups in total. The number of piperidine rings is 1. The minimum atomic E-state index is -0.480. The molecule has 1 heterocycles. The van der Waals surface area contributed by atoms with Crippen molar-refractivity contribution in [2.24, 2.45) is 5.92 Å². The third-order valence-corrected chi connectivity index (χ3v) is 4.87. The number of aliphatic hydroxyl groups excluding tert-OH is 1. The van der Waals surface area contributed by atoms with Gasteiger partial charge in [0.25, 0.3) is 0 Å². The van der Waals surface area contributed by atoms with Gasteiger partial charge in [0, 0.05) is 12.8 Å². The molecular weight excluding hydrogens is 318 g/mol. The lowest BCUT2D eigenvalue weighted by atomic mass is 9.97. The van der Waals surface area contributed by atoms with Gasteiger partial charge in [0.15, 0.2) is 0 Å². The number of aliphatic hydroxyl groups is 1. The van der Waals surface area contributed by atoms with Gasteiger partial charge in [-0.3, -0.25) is 4.79 Å². The Labute approximate surface area is 150 Å². The molecule has 140 valence electrons. The van der Waals surface area contributed by atoms with E-state index in [2.05, 4.69) is 19.1 Å². The van der Waals surface area contributed by atoms with Crippen LogP contribution < -0.4 is 4.90 Å². The highest BCUT2D eigenvalue weighted by atomic mass is 16.5. The Morgan fingerprint density at radius 1 is 1.24 bits per heavy atom. The second kappa shape index (κ2) is 10.5. The number of benzene rings is 1. The first-order valence-corrected chi connectivity index (χ1v) is 9.48. The monoisotopic (exact) mass is 350 g/mol. The molecule has 1 aliphatic heterocycles. The predicted octanol–water partition coefficient (Wildman–Crippen LogP) is 1.37. The van der Waals surface area contributed by atoms with Crippen molar-refractivity contribution in [2.75, 3.05) is 32.8 Å². The number of carbonyl (C=O) groups excluding carboxylic acids is 1. The highest BCUT2D eigenvalue weighted by Gasteiger charge is 2.29. The summed E-state index contributed by atoms with van der Waals surface area (Å²) in [4.78, 5) is 13.1. The van der Waals surface area contributed by atoms with Crippen LogP contribution in [0.25, 0.3) is 0 Å². The standard InChI is InChI=1S/C20H31NO4/c1-3-19(16-8-6-5-7-9-16)25-15-18(22)14-21-12-10-17(11-13-21)20(23)24-4-2/h5-9,17-19,22H,3-4,10-15H2,1-2H3/p+1/t18-,19-/m0/s1. The highest BCUT2D eigenvalue weighted by Crippen LogP contribution is 2.20. The molecule has 0 bridgehead atoms. The van der Waals surface area contributed by atoms with Crippen LogP contribution in [0.2, 0.25) is 0 Å². The Kier molecular flexibility index (Phi) is 8.38. The third-order valence-electron chi connectivity index (χ3n) is 4.87. The van der Waals surface area contributed by atoms with Gasteiger partial charge in [-0.2, -0.15) is 0 Å². The maximum Gasteiger partial charge on any atom is 0.309 e. The van der Waals surface area contributed by atoms with Crippen molar-refractivity contribution in [3.63, 3.8) is 0 Å². The van der Waals surface area contributed by atoms with E-state index in [9.17, 15) is 9.90 Å². The average molecular weight is 350 g/mol. The van der Waals surface area contributed by atoms with Gasteiger partial charge in [0.2, 0.25) is 0 Å². The van der Waals surface area contributed by atoms with Gasteiger partial charge >= 0.3 is 5.97 Å². The Morgan fingerprint density at radius 2 is 1.92 bits per heavy atom. The Bertz CT molecular complexity index is 500. The molecule has 5 nitrogen and oxygen atoms in total. The number of carbonyl (C=O) groups is 1. The summed E-state index contributed by atoms with van der Waals surface area (Å²) in [6, 6.07) is 10.1. The fraction of sp³-hybridized carbons (Fsp3) is 0.650. The summed E-state index contributed by atoms with van der Waals surface area (Å²) in [5, 5.41) is 10.3. The lowest BCUT2D eigenvalue weighted by molar-refractivity contribution is -0.908. The molecule has 0 unspecified atom stereocenters. The minimum Gasteiger partial charge on any atom is -0.466 e. The number of hydrogen-bond donors (Lipinski definition) is 2. The number of ether oxygens (including phenoxy) is 2. The van der Waals surface area contributed by atoms with E-state index in [0.29, 0.717) is 19.8 Å². The summed E-state index contributed by atoms with van der Waals surface area (Å²) >= 11 is 0. The molecule has 0 spiro atoms. The number of quaternary nitrogens is 1. The van der Waals surface area contributed by atoms with Crippen LogP contribution in [0.15, 0.2) is 30.3 Å². The smallest absolute Gasteiger partial charge is 0.309 e. The zero-order chi connectivity index (χ0) is 18.1. The Balaban J connectivity index is 1.70. The number of nitrogens with one attached hydrogen (secondary N) is 1. The van der Waals surface area contributed by atoms with Crippen molar-refractivity contribution in [3.8, 4) is 0 Å². The second-order valence-electron chi connectivity index (χ2n) is 6.78. The fourth-order valence-corrected chi connectivity index (χ4v) is 3.46. The van der Waals surface area contributed by atoms with Crippen LogP contribution in [0.1, 0.15) is 44.8 Å². The van der Waals surface area contributed by atoms with Crippen LogP contribution in [0.4, 0.5) is 0 Å². The van der Waals surface area contributed by atoms with Crippen molar-refractivity contribution >= 4 is 5.97 Å². The maximum absolute atomic E-state index is 11.8. The molecule has 1 aliphatic rings. The predicted molar refractivity (Wildman–Crippen MR) is 96.4 cm³/mol. The van der Waals surface area contributed by atoms with E-state index in [1.165, 1.54) is 4.90 Å². The van der Waals surface area contributed by atoms with Crippen LogP contribution in [0, 0.1) is 5.92 Å². The molecule has 0 saturated carbocycles. The van der Waals surface area contributed by atoms with Gasteiger partial charge in [-0.1, -0.05) is 37.3 Å². The van der Waals surface area contributed by atoms with E-state index < -0.39 is 6.10 Å².